The lowest BCUT2D eigenvalue weighted by Crippen LogP contribution is -2.45. The number of benzene rings is 2. The average molecular weight is 408 g/mol. The van der Waals surface area contributed by atoms with E-state index >= 15 is 0 Å². The number of carbonyl (C=O) groups excluding carboxylic acids is 1. The predicted molar refractivity (Wildman–Crippen MR) is 109 cm³/mol. The van der Waals surface area contributed by atoms with Crippen LogP contribution in [-0.2, 0) is 21.2 Å². The number of hydrogen-bond acceptors (Lipinski definition) is 6. The number of anilines is 1. The van der Waals surface area contributed by atoms with Gasteiger partial charge < -0.3 is 4.90 Å². The van der Waals surface area contributed by atoms with Crippen LogP contribution in [0.2, 0.25) is 0 Å². The molecule has 0 aliphatic carbocycles. The summed E-state index contributed by atoms with van der Waals surface area (Å²) in [7, 11) is -4.00. The van der Waals surface area contributed by atoms with Crippen LogP contribution in [0.3, 0.4) is 0 Å². The molecule has 2 aromatic carbocycles. The predicted octanol–water partition coefficient (Wildman–Crippen LogP) is 2.68. The second kappa shape index (κ2) is 7.68. The molecular formula is C21H20N4O3S. The molecule has 0 spiro atoms. The second-order valence-electron chi connectivity index (χ2n) is 7.10. The Morgan fingerprint density at radius 2 is 1.83 bits per heavy atom. The fourth-order valence-electron chi connectivity index (χ4n) is 3.64. The van der Waals surface area contributed by atoms with Gasteiger partial charge in [-0.05, 0) is 49.1 Å². The van der Waals surface area contributed by atoms with Gasteiger partial charge in [0.05, 0.1) is 28.8 Å². The Kier molecular flexibility index (Phi) is 5.07. The van der Waals surface area contributed by atoms with Crippen molar-refractivity contribution >= 4 is 26.5 Å². The van der Waals surface area contributed by atoms with Crippen molar-refractivity contribution < 1.29 is 13.2 Å². The zero-order valence-electron chi connectivity index (χ0n) is 15.8. The number of para-hydroxylation sites is 1. The van der Waals surface area contributed by atoms with Crippen LogP contribution in [0.4, 0.5) is 5.69 Å². The van der Waals surface area contributed by atoms with E-state index in [2.05, 4.69) is 11.2 Å². The molecule has 0 saturated carbocycles. The summed E-state index contributed by atoms with van der Waals surface area (Å²) < 4.78 is 26.3. The van der Waals surface area contributed by atoms with E-state index in [9.17, 15) is 13.2 Å². The molecule has 1 amide bonds. The summed E-state index contributed by atoms with van der Waals surface area (Å²) in [4.78, 5) is 14.7. The molecule has 0 radical (unpaired) electrons. The van der Waals surface area contributed by atoms with Crippen LogP contribution in [0, 0.1) is 11.3 Å². The number of likely N-dealkylation sites (tertiary alicyclic amines) is 1. The van der Waals surface area contributed by atoms with Crippen molar-refractivity contribution in [2.24, 2.45) is 5.10 Å². The van der Waals surface area contributed by atoms with Gasteiger partial charge in [-0.25, -0.2) is 8.42 Å². The van der Waals surface area contributed by atoms with Gasteiger partial charge in [0, 0.05) is 13.1 Å². The highest BCUT2D eigenvalue weighted by Gasteiger charge is 2.39. The van der Waals surface area contributed by atoms with E-state index in [-0.39, 0.29) is 11.4 Å². The van der Waals surface area contributed by atoms with E-state index in [4.69, 9.17) is 5.26 Å². The summed E-state index contributed by atoms with van der Waals surface area (Å²) >= 11 is 0. The van der Waals surface area contributed by atoms with Crippen LogP contribution >= 0.6 is 0 Å². The van der Waals surface area contributed by atoms with Crippen molar-refractivity contribution in [2.45, 2.75) is 30.7 Å². The molecule has 2 aliphatic heterocycles. The Labute approximate surface area is 169 Å². The van der Waals surface area contributed by atoms with E-state index in [1.54, 1.807) is 41.3 Å². The van der Waals surface area contributed by atoms with Gasteiger partial charge in [-0.3, -0.25) is 9.80 Å². The minimum absolute atomic E-state index is 0.0757. The van der Waals surface area contributed by atoms with Gasteiger partial charge >= 0.3 is 0 Å². The van der Waals surface area contributed by atoms with Crippen molar-refractivity contribution in [1.29, 1.82) is 5.26 Å². The number of carbonyl (C=O) groups is 1. The zero-order valence-corrected chi connectivity index (χ0v) is 16.6. The molecule has 0 unspecified atom stereocenters. The number of hydrazone groups is 1. The van der Waals surface area contributed by atoms with Crippen LogP contribution in [-0.4, -0.2) is 37.4 Å². The Morgan fingerprint density at radius 1 is 1.07 bits per heavy atom. The minimum atomic E-state index is -4.00. The Balaban J connectivity index is 1.76. The van der Waals surface area contributed by atoms with Gasteiger partial charge in [-0.15, -0.1) is 0 Å². The van der Waals surface area contributed by atoms with Gasteiger partial charge in [0.25, 0.3) is 5.91 Å². The van der Waals surface area contributed by atoms with E-state index in [0.29, 0.717) is 24.3 Å². The molecule has 2 aromatic rings. The fourth-order valence-corrected chi connectivity index (χ4v) is 5.12. The number of piperidine rings is 1. The van der Waals surface area contributed by atoms with Crippen LogP contribution in [0.5, 0.6) is 0 Å². The molecule has 1 fully saturated rings. The summed E-state index contributed by atoms with van der Waals surface area (Å²) in [5.41, 5.74) is 1.73. The molecule has 148 valence electrons. The normalized spacial score (nSPS) is 17.8. The van der Waals surface area contributed by atoms with Crippen LogP contribution in [0.15, 0.2) is 58.5 Å². The van der Waals surface area contributed by atoms with E-state index in [1.165, 1.54) is 11.1 Å². The zero-order chi connectivity index (χ0) is 20.4. The smallest absolute Gasteiger partial charge is 0.286 e. The number of hydrogen-bond donors (Lipinski definition) is 0. The third-order valence-electron chi connectivity index (χ3n) is 5.11. The first-order chi connectivity index (χ1) is 14.0. The highest BCUT2D eigenvalue weighted by molar-refractivity contribution is 8.08. The molecular weight excluding hydrogens is 388 g/mol. The molecule has 1 saturated heterocycles. The van der Waals surface area contributed by atoms with Gasteiger partial charge in [0.15, 0.2) is 0 Å². The van der Waals surface area contributed by atoms with Gasteiger partial charge in [-0.1, -0.05) is 24.3 Å². The summed E-state index contributed by atoms with van der Waals surface area (Å²) in [6.45, 7) is 1.33. The number of rotatable bonds is 3. The van der Waals surface area contributed by atoms with Crippen molar-refractivity contribution in [2.75, 3.05) is 18.1 Å². The molecule has 0 N–H and O–H groups in total. The topological polar surface area (TPSA) is 93.8 Å². The van der Waals surface area contributed by atoms with Gasteiger partial charge in [-0.2, -0.15) is 10.4 Å². The fraction of sp³-hybridized carbons (Fsp3) is 0.286. The Morgan fingerprint density at radius 3 is 2.59 bits per heavy atom. The van der Waals surface area contributed by atoms with Gasteiger partial charge in [0.1, 0.15) is 0 Å². The van der Waals surface area contributed by atoms with Gasteiger partial charge in [0.2, 0.25) is 14.9 Å². The van der Waals surface area contributed by atoms with E-state index in [1.807, 2.05) is 6.07 Å². The molecule has 2 aliphatic rings. The number of sulfone groups is 1. The van der Waals surface area contributed by atoms with Crippen LogP contribution in [0.1, 0.15) is 30.4 Å². The molecule has 0 atom stereocenters. The lowest BCUT2D eigenvalue weighted by Gasteiger charge is -2.31. The molecule has 7 nitrogen and oxygen atoms in total. The Hall–Kier alpha value is -3.18. The Bertz CT molecular complexity index is 1130. The highest BCUT2D eigenvalue weighted by Crippen LogP contribution is 2.33. The average Bonchev–Trinajstić information content (AvgIpc) is 2.76. The number of nitriles is 1. The summed E-state index contributed by atoms with van der Waals surface area (Å²) in [5.74, 6) is -0.546. The molecule has 0 aromatic heterocycles. The second-order valence-corrected chi connectivity index (χ2v) is 8.93. The molecule has 4 rings (SSSR count). The van der Waals surface area contributed by atoms with Crippen molar-refractivity contribution in [3.63, 3.8) is 0 Å². The third kappa shape index (κ3) is 3.61. The summed E-state index contributed by atoms with van der Waals surface area (Å²) in [6, 6.07) is 15.7. The molecule has 0 bridgehead atoms. The quantitative estimate of drug-likeness (QED) is 0.778. The lowest BCUT2D eigenvalue weighted by atomic mass is 10.1. The maximum atomic E-state index is 13.1. The van der Waals surface area contributed by atoms with Crippen molar-refractivity contribution in [3.05, 3.63) is 59.7 Å². The van der Waals surface area contributed by atoms with Crippen LogP contribution in [0.25, 0.3) is 0 Å². The van der Waals surface area contributed by atoms with Crippen molar-refractivity contribution in [1.82, 2.24) is 4.90 Å². The summed E-state index contributed by atoms with van der Waals surface area (Å²) in [6.07, 6.45) is 2.76. The highest BCUT2D eigenvalue weighted by atomic mass is 32.2. The largest absolute Gasteiger partial charge is 0.337 e. The number of amides is 1. The SMILES string of the molecule is N#Cc1cccc(CN2N=C(C(=O)N3CCCCC3)S(=O)(=O)c3ccccc32)c1. The molecule has 29 heavy (non-hydrogen) atoms. The standard InChI is InChI=1S/C21H20N4O3S/c22-14-16-7-6-8-17(13-16)15-25-18-9-2-3-10-19(18)29(27,28)20(23-25)21(26)24-11-4-1-5-12-24/h2-3,6-10,13H,1,4-5,11-12,15H2. The maximum Gasteiger partial charge on any atom is 0.286 e. The lowest BCUT2D eigenvalue weighted by molar-refractivity contribution is -0.124. The van der Waals surface area contributed by atoms with E-state index in [0.717, 1.165) is 24.8 Å². The monoisotopic (exact) mass is 408 g/mol. The first-order valence-corrected chi connectivity index (χ1v) is 11.0. The summed E-state index contributed by atoms with van der Waals surface area (Å²) in [5, 5.41) is 14.5. The first-order valence-electron chi connectivity index (χ1n) is 9.49. The molecule has 8 heteroatoms. The number of nitrogens with zero attached hydrogens (tertiary/aromatic N) is 4. The van der Waals surface area contributed by atoms with Crippen LogP contribution < -0.4 is 5.01 Å². The number of fused-ring (bicyclic) bond motifs is 1. The third-order valence-corrected chi connectivity index (χ3v) is 6.80. The minimum Gasteiger partial charge on any atom is -0.337 e. The van der Waals surface area contributed by atoms with Crippen molar-refractivity contribution in [3.8, 4) is 6.07 Å². The van der Waals surface area contributed by atoms with E-state index < -0.39 is 20.8 Å². The first kappa shape index (κ1) is 19.2. The molecule has 2 heterocycles. The maximum absolute atomic E-state index is 13.1.